The number of carbonyl (C=O) groups is 2. The molecule has 2 rings (SSSR count). The molecule has 0 fully saturated rings. The molecule has 0 aliphatic carbocycles. The standard InChI is InChI=1S/C20H23NO3/c1-13-5-7-17(8-6-13)24-19(23)10-9-18(22)21-20-15(3)11-14(2)12-16(20)4/h5-8,11-12H,9-10H2,1-4H3,(H,21,22). The van der Waals surface area contributed by atoms with E-state index in [1.54, 1.807) is 12.1 Å². The Bertz CT molecular complexity index is 725. The molecule has 126 valence electrons. The molecule has 0 unspecified atom stereocenters. The minimum Gasteiger partial charge on any atom is -0.427 e. The van der Waals surface area contributed by atoms with E-state index in [0.717, 1.165) is 27.9 Å². The van der Waals surface area contributed by atoms with Gasteiger partial charge in [0.2, 0.25) is 5.91 Å². The Morgan fingerprint density at radius 2 is 1.46 bits per heavy atom. The van der Waals surface area contributed by atoms with Crippen LogP contribution in [0.15, 0.2) is 36.4 Å². The summed E-state index contributed by atoms with van der Waals surface area (Å²) in [6.07, 6.45) is 0.140. The van der Waals surface area contributed by atoms with Gasteiger partial charge in [0.05, 0.1) is 6.42 Å². The maximum Gasteiger partial charge on any atom is 0.311 e. The molecule has 0 spiro atoms. The molecule has 0 aromatic heterocycles. The Balaban J connectivity index is 1.87. The van der Waals surface area contributed by atoms with Crippen LogP contribution >= 0.6 is 0 Å². The Kier molecular flexibility index (Phi) is 5.74. The second kappa shape index (κ2) is 7.77. The molecular formula is C20H23NO3. The average Bonchev–Trinajstić information content (AvgIpc) is 2.51. The molecule has 0 atom stereocenters. The molecule has 2 aromatic rings. The minimum atomic E-state index is -0.411. The third-order valence-electron chi connectivity index (χ3n) is 3.75. The van der Waals surface area contributed by atoms with E-state index < -0.39 is 5.97 Å². The van der Waals surface area contributed by atoms with Gasteiger partial charge in [0.15, 0.2) is 0 Å². The molecule has 1 amide bonds. The van der Waals surface area contributed by atoms with Crippen molar-refractivity contribution in [2.75, 3.05) is 5.32 Å². The number of rotatable bonds is 5. The van der Waals surface area contributed by atoms with Gasteiger partial charge in [-0.25, -0.2) is 0 Å². The van der Waals surface area contributed by atoms with Crippen LogP contribution in [0.5, 0.6) is 5.75 Å². The lowest BCUT2D eigenvalue weighted by atomic mass is 10.0. The van der Waals surface area contributed by atoms with E-state index in [1.165, 1.54) is 0 Å². The number of hydrogen-bond donors (Lipinski definition) is 1. The Hall–Kier alpha value is -2.62. The second-order valence-corrected chi connectivity index (χ2v) is 6.11. The lowest BCUT2D eigenvalue weighted by Crippen LogP contribution is -2.17. The molecule has 0 aliphatic heterocycles. The largest absolute Gasteiger partial charge is 0.427 e. The Morgan fingerprint density at radius 1 is 0.875 bits per heavy atom. The number of esters is 1. The molecule has 24 heavy (non-hydrogen) atoms. The number of carbonyl (C=O) groups excluding carboxylic acids is 2. The number of anilines is 1. The van der Waals surface area contributed by atoms with Gasteiger partial charge in [-0.2, -0.15) is 0 Å². The van der Waals surface area contributed by atoms with E-state index in [-0.39, 0.29) is 18.7 Å². The Labute approximate surface area is 142 Å². The fourth-order valence-corrected chi connectivity index (χ4v) is 2.58. The van der Waals surface area contributed by atoms with Gasteiger partial charge < -0.3 is 10.1 Å². The van der Waals surface area contributed by atoms with Crippen LogP contribution in [0.1, 0.15) is 35.1 Å². The first-order chi connectivity index (χ1) is 11.3. The van der Waals surface area contributed by atoms with Gasteiger partial charge in [0.25, 0.3) is 0 Å². The van der Waals surface area contributed by atoms with Crippen molar-refractivity contribution in [3.8, 4) is 5.75 Å². The van der Waals surface area contributed by atoms with Crippen LogP contribution < -0.4 is 10.1 Å². The first kappa shape index (κ1) is 17.7. The van der Waals surface area contributed by atoms with Gasteiger partial charge in [-0.1, -0.05) is 35.4 Å². The first-order valence-electron chi connectivity index (χ1n) is 8.00. The van der Waals surface area contributed by atoms with E-state index >= 15 is 0 Å². The highest BCUT2D eigenvalue weighted by Gasteiger charge is 2.12. The molecule has 0 saturated carbocycles. The van der Waals surface area contributed by atoms with Crippen LogP contribution in [0.25, 0.3) is 0 Å². The van der Waals surface area contributed by atoms with Crippen LogP contribution in [0.2, 0.25) is 0 Å². The average molecular weight is 325 g/mol. The van der Waals surface area contributed by atoms with E-state index in [4.69, 9.17) is 4.74 Å². The monoisotopic (exact) mass is 325 g/mol. The number of hydrogen-bond acceptors (Lipinski definition) is 3. The quantitative estimate of drug-likeness (QED) is 0.660. The third kappa shape index (κ3) is 4.95. The maximum absolute atomic E-state index is 12.1. The molecule has 0 saturated heterocycles. The molecule has 0 heterocycles. The summed E-state index contributed by atoms with van der Waals surface area (Å²) >= 11 is 0. The van der Waals surface area contributed by atoms with E-state index in [0.29, 0.717) is 5.75 Å². The summed E-state index contributed by atoms with van der Waals surface area (Å²) in [6, 6.07) is 11.3. The third-order valence-corrected chi connectivity index (χ3v) is 3.75. The number of aryl methyl sites for hydroxylation is 4. The normalized spacial score (nSPS) is 10.3. The topological polar surface area (TPSA) is 55.4 Å². The number of ether oxygens (including phenoxy) is 1. The summed E-state index contributed by atoms with van der Waals surface area (Å²) in [6.45, 7) is 7.90. The van der Waals surface area contributed by atoms with Gasteiger partial charge in [0.1, 0.15) is 5.75 Å². The van der Waals surface area contributed by atoms with Crippen molar-refractivity contribution in [1.29, 1.82) is 0 Å². The number of benzene rings is 2. The van der Waals surface area contributed by atoms with E-state index in [1.807, 2.05) is 52.0 Å². The SMILES string of the molecule is Cc1ccc(OC(=O)CCC(=O)Nc2c(C)cc(C)cc2C)cc1. The summed E-state index contributed by atoms with van der Waals surface area (Å²) in [5.41, 5.74) is 5.10. The highest BCUT2D eigenvalue weighted by molar-refractivity contribution is 5.94. The Morgan fingerprint density at radius 3 is 2.04 bits per heavy atom. The predicted octanol–water partition coefficient (Wildman–Crippen LogP) is 4.24. The van der Waals surface area contributed by atoms with E-state index in [2.05, 4.69) is 5.32 Å². The van der Waals surface area contributed by atoms with Crippen molar-refractivity contribution in [2.45, 2.75) is 40.5 Å². The summed E-state index contributed by atoms with van der Waals surface area (Å²) in [5, 5.41) is 2.89. The zero-order valence-corrected chi connectivity index (χ0v) is 14.6. The molecule has 4 nitrogen and oxygen atoms in total. The number of amides is 1. The van der Waals surface area contributed by atoms with Crippen molar-refractivity contribution in [3.05, 3.63) is 58.7 Å². The van der Waals surface area contributed by atoms with Crippen molar-refractivity contribution in [2.24, 2.45) is 0 Å². The van der Waals surface area contributed by atoms with Crippen LogP contribution in [-0.2, 0) is 9.59 Å². The van der Waals surface area contributed by atoms with E-state index in [9.17, 15) is 9.59 Å². The minimum absolute atomic E-state index is 0.0453. The van der Waals surface area contributed by atoms with Crippen LogP contribution in [0, 0.1) is 27.7 Å². The summed E-state index contributed by atoms with van der Waals surface area (Å²) in [7, 11) is 0. The molecule has 0 radical (unpaired) electrons. The first-order valence-corrected chi connectivity index (χ1v) is 8.00. The van der Waals surface area contributed by atoms with Gasteiger partial charge in [-0.15, -0.1) is 0 Å². The summed E-state index contributed by atoms with van der Waals surface area (Å²) in [5.74, 6) is -0.103. The molecule has 1 N–H and O–H groups in total. The fourth-order valence-electron chi connectivity index (χ4n) is 2.58. The highest BCUT2D eigenvalue weighted by atomic mass is 16.5. The smallest absolute Gasteiger partial charge is 0.311 e. The van der Waals surface area contributed by atoms with Crippen molar-refractivity contribution < 1.29 is 14.3 Å². The van der Waals surface area contributed by atoms with Gasteiger partial charge >= 0.3 is 5.97 Å². The molecular weight excluding hydrogens is 302 g/mol. The van der Waals surface area contributed by atoms with Crippen molar-refractivity contribution in [3.63, 3.8) is 0 Å². The number of nitrogens with one attached hydrogen (secondary N) is 1. The van der Waals surface area contributed by atoms with Crippen LogP contribution in [-0.4, -0.2) is 11.9 Å². The summed E-state index contributed by atoms with van der Waals surface area (Å²) in [4.78, 5) is 23.9. The highest BCUT2D eigenvalue weighted by Crippen LogP contribution is 2.22. The van der Waals surface area contributed by atoms with Crippen LogP contribution in [0.3, 0.4) is 0 Å². The molecule has 0 bridgehead atoms. The molecule has 2 aromatic carbocycles. The lowest BCUT2D eigenvalue weighted by molar-refractivity contribution is -0.135. The zero-order valence-electron chi connectivity index (χ0n) is 14.6. The molecule has 0 aliphatic rings. The lowest BCUT2D eigenvalue weighted by Gasteiger charge is -2.12. The summed E-state index contributed by atoms with van der Waals surface area (Å²) < 4.78 is 5.21. The van der Waals surface area contributed by atoms with Gasteiger partial charge in [-0.3, -0.25) is 9.59 Å². The van der Waals surface area contributed by atoms with Gasteiger partial charge in [0, 0.05) is 12.1 Å². The fraction of sp³-hybridized carbons (Fsp3) is 0.300. The van der Waals surface area contributed by atoms with Crippen molar-refractivity contribution in [1.82, 2.24) is 0 Å². The van der Waals surface area contributed by atoms with Crippen LogP contribution in [0.4, 0.5) is 5.69 Å². The van der Waals surface area contributed by atoms with Gasteiger partial charge in [-0.05, 0) is 51.0 Å². The zero-order chi connectivity index (χ0) is 17.7. The maximum atomic E-state index is 12.1. The predicted molar refractivity (Wildman–Crippen MR) is 95.3 cm³/mol. The second-order valence-electron chi connectivity index (χ2n) is 6.11. The van der Waals surface area contributed by atoms with Crippen molar-refractivity contribution >= 4 is 17.6 Å². The molecule has 4 heteroatoms.